The predicted octanol–water partition coefficient (Wildman–Crippen LogP) is 2.23. The second-order valence-corrected chi connectivity index (χ2v) is 3.41. The van der Waals surface area contributed by atoms with Crippen LogP contribution in [-0.4, -0.2) is 19.5 Å². The van der Waals surface area contributed by atoms with Crippen LogP contribution >= 0.6 is 0 Å². The van der Waals surface area contributed by atoms with E-state index in [1.807, 2.05) is 0 Å². The fraction of sp³-hybridized carbons (Fsp3) is 0.889. The fourth-order valence-electron chi connectivity index (χ4n) is 1.91. The molecule has 2 atom stereocenters. The number of esters is 1. The van der Waals surface area contributed by atoms with E-state index < -0.39 is 24.2 Å². The van der Waals surface area contributed by atoms with Gasteiger partial charge in [0.15, 0.2) is 0 Å². The quantitative estimate of drug-likeness (QED) is 0.627. The Morgan fingerprint density at radius 3 is 2.54 bits per heavy atom. The summed E-state index contributed by atoms with van der Waals surface area (Å²) < 4.78 is 29.4. The molecule has 1 rings (SSSR count). The van der Waals surface area contributed by atoms with E-state index in [0.29, 0.717) is 12.8 Å². The number of methoxy groups -OCH3 is 1. The van der Waals surface area contributed by atoms with E-state index in [9.17, 15) is 13.6 Å². The van der Waals surface area contributed by atoms with Crippen LogP contribution in [0.2, 0.25) is 0 Å². The van der Waals surface area contributed by atoms with Crippen molar-refractivity contribution in [2.45, 2.75) is 32.1 Å². The SMILES string of the molecule is COC(=O)[C@@H]1CCCC[C@@H]1C(F)F. The number of alkyl halides is 2. The number of carbonyl (C=O) groups excluding carboxylic acids is 1. The molecule has 0 aromatic carbocycles. The lowest BCUT2D eigenvalue weighted by Gasteiger charge is -2.28. The number of ether oxygens (including phenoxy) is 1. The number of halogens is 2. The average molecular weight is 192 g/mol. The van der Waals surface area contributed by atoms with Gasteiger partial charge in [0, 0.05) is 5.92 Å². The molecule has 0 aromatic heterocycles. The van der Waals surface area contributed by atoms with Gasteiger partial charge in [-0.15, -0.1) is 0 Å². The Hall–Kier alpha value is -0.670. The summed E-state index contributed by atoms with van der Waals surface area (Å²) in [5, 5.41) is 0. The van der Waals surface area contributed by atoms with E-state index in [-0.39, 0.29) is 0 Å². The summed E-state index contributed by atoms with van der Waals surface area (Å²) in [5.74, 6) is -1.86. The molecule has 1 fully saturated rings. The molecule has 1 saturated carbocycles. The topological polar surface area (TPSA) is 26.3 Å². The molecule has 0 spiro atoms. The van der Waals surface area contributed by atoms with Gasteiger partial charge in [-0.1, -0.05) is 12.8 Å². The van der Waals surface area contributed by atoms with Crippen LogP contribution in [0.15, 0.2) is 0 Å². The van der Waals surface area contributed by atoms with Gasteiger partial charge >= 0.3 is 5.97 Å². The molecular formula is C9H14F2O2. The molecule has 1 aliphatic carbocycles. The minimum Gasteiger partial charge on any atom is -0.469 e. The zero-order chi connectivity index (χ0) is 9.84. The van der Waals surface area contributed by atoms with E-state index >= 15 is 0 Å². The Bertz CT molecular complexity index is 182. The first-order valence-electron chi connectivity index (χ1n) is 4.52. The summed E-state index contributed by atoms with van der Waals surface area (Å²) in [6, 6.07) is 0. The van der Waals surface area contributed by atoms with Gasteiger partial charge in [-0.05, 0) is 12.8 Å². The van der Waals surface area contributed by atoms with Gasteiger partial charge in [0.25, 0.3) is 0 Å². The highest BCUT2D eigenvalue weighted by Gasteiger charge is 2.37. The molecule has 0 radical (unpaired) electrons. The fourth-order valence-corrected chi connectivity index (χ4v) is 1.91. The summed E-state index contributed by atoms with van der Waals surface area (Å²) in [6.07, 6.45) is 0.231. The lowest BCUT2D eigenvalue weighted by Crippen LogP contribution is -2.32. The predicted molar refractivity (Wildman–Crippen MR) is 43.5 cm³/mol. The highest BCUT2D eigenvalue weighted by Crippen LogP contribution is 2.34. The third kappa shape index (κ3) is 2.39. The molecule has 0 aliphatic heterocycles. The molecule has 0 N–H and O–H groups in total. The van der Waals surface area contributed by atoms with Crippen molar-refractivity contribution in [3.63, 3.8) is 0 Å². The van der Waals surface area contributed by atoms with Gasteiger partial charge in [-0.2, -0.15) is 0 Å². The summed E-state index contributed by atoms with van der Waals surface area (Å²) in [5.41, 5.74) is 0. The maximum absolute atomic E-state index is 12.5. The van der Waals surface area contributed by atoms with Crippen molar-refractivity contribution in [2.24, 2.45) is 11.8 Å². The van der Waals surface area contributed by atoms with Gasteiger partial charge in [0.2, 0.25) is 6.43 Å². The van der Waals surface area contributed by atoms with Gasteiger partial charge < -0.3 is 4.74 Å². The Labute approximate surface area is 76.3 Å². The normalized spacial score (nSPS) is 28.9. The number of rotatable bonds is 2. The molecular weight excluding hydrogens is 178 g/mol. The van der Waals surface area contributed by atoms with E-state index in [4.69, 9.17) is 0 Å². The zero-order valence-electron chi connectivity index (χ0n) is 7.63. The van der Waals surface area contributed by atoms with Gasteiger partial charge in [0.05, 0.1) is 13.0 Å². The highest BCUT2D eigenvalue weighted by molar-refractivity contribution is 5.72. The smallest absolute Gasteiger partial charge is 0.309 e. The summed E-state index contributed by atoms with van der Waals surface area (Å²) in [6.45, 7) is 0. The Morgan fingerprint density at radius 1 is 1.38 bits per heavy atom. The van der Waals surface area contributed by atoms with Gasteiger partial charge in [-0.25, -0.2) is 8.78 Å². The maximum atomic E-state index is 12.5. The maximum Gasteiger partial charge on any atom is 0.309 e. The van der Waals surface area contributed by atoms with Crippen LogP contribution in [0.1, 0.15) is 25.7 Å². The van der Waals surface area contributed by atoms with Crippen LogP contribution in [-0.2, 0) is 9.53 Å². The Kier molecular flexibility index (Phi) is 3.63. The van der Waals surface area contributed by atoms with Crippen molar-refractivity contribution in [3.8, 4) is 0 Å². The molecule has 13 heavy (non-hydrogen) atoms. The van der Waals surface area contributed by atoms with E-state index in [0.717, 1.165) is 12.8 Å². The molecule has 76 valence electrons. The average Bonchev–Trinajstić information content (AvgIpc) is 2.16. The van der Waals surface area contributed by atoms with Crippen molar-refractivity contribution in [1.29, 1.82) is 0 Å². The second kappa shape index (κ2) is 4.53. The first-order chi connectivity index (χ1) is 6.16. The Balaban J connectivity index is 2.61. The van der Waals surface area contributed by atoms with Crippen molar-refractivity contribution < 1.29 is 18.3 Å². The largest absolute Gasteiger partial charge is 0.469 e. The molecule has 1 aliphatic rings. The third-order valence-corrected chi connectivity index (χ3v) is 2.65. The number of hydrogen-bond donors (Lipinski definition) is 0. The Morgan fingerprint density at radius 2 is 2.00 bits per heavy atom. The zero-order valence-corrected chi connectivity index (χ0v) is 7.63. The highest BCUT2D eigenvalue weighted by atomic mass is 19.3. The van der Waals surface area contributed by atoms with Crippen LogP contribution < -0.4 is 0 Å². The van der Waals surface area contributed by atoms with Crippen LogP contribution in [0.3, 0.4) is 0 Å². The van der Waals surface area contributed by atoms with Crippen LogP contribution in [0, 0.1) is 11.8 Å². The van der Waals surface area contributed by atoms with E-state index in [1.54, 1.807) is 0 Å². The number of hydrogen-bond acceptors (Lipinski definition) is 2. The van der Waals surface area contributed by atoms with Crippen LogP contribution in [0.5, 0.6) is 0 Å². The first-order valence-corrected chi connectivity index (χ1v) is 4.52. The molecule has 2 nitrogen and oxygen atoms in total. The van der Waals surface area contributed by atoms with Crippen molar-refractivity contribution in [3.05, 3.63) is 0 Å². The third-order valence-electron chi connectivity index (χ3n) is 2.65. The summed E-state index contributed by atoms with van der Waals surface area (Å²) >= 11 is 0. The standard InChI is InChI=1S/C9H14F2O2/c1-13-9(12)7-5-3-2-4-6(7)8(10)11/h6-8H,2-5H2,1H3/t6-,7+/m0/s1. The minimum absolute atomic E-state index is 0.442. The van der Waals surface area contributed by atoms with Crippen molar-refractivity contribution >= 4 is 5.97 Å². The molecule has 0 aromatic rings. The molecule has 0 unspecified atom stereocenters. The minimum atomic E-state index is -2.40. The van der Waals surface area contributed by atoms with Crippen molar-refractivity contribution in [2.75, 3.05) is 7.11 Å². The molecule has 0 bridgehead atoms. The lowest BCUT2D eigenvalue weighted by atomic mass is 9.79. The van der Waals surface area contributed by atoms with Crippen molar-refractivity contribution in [1.82, 2.24) is 0 Å². The van der Waals surface area contributed by atoms with Gasteiger partial charge in [0.1, 0.15) is 0 Å². The van der Waals surface area contributed by atoms with Crippen LogP contribution in [0.25, 0.3) is 0 Å². The molecule has 0 saturated heterocycles. The lowest BCUT2D eigenvalue weighted by molar-refractivity contribution is -0.151. The second-order valence-electron chi connectivity index (χ2n) is 3.41. The van der Waals surface area contributed by atoms with Gasteiger partial charge in [-0.3, -0.25) is 4.79 Å². The summed E-state index contributed by atoms with van der Waals surface area (Å²) in [4.78, 5) is 11.1. The number of carbonyl (C=O) groups is 1. The van der Waals surface area contributed by atoms with E-state index in [1.165, 1.54) is 7.11 Å². The summed E-state index contributed by atoms with van der Waals surface area (Å²) in [7, 11) is 1.25. The van der Waals surface area contributed by atoms with E-state index in [2.05, 4.69) is 4.74 Å². The molecule has 0 heterocycles. The monoisotopic (exact) mass is 192 g/mol. The molecule has 0 amide bonds. The molecule has 4 heteroatoms. The van der Waals surface area contributed by atoms with Crippen LogP contribution in [0.4, 0.5) is 8.78 Å². The first kappa shape index (κ1) is 10.4.